The lowest BCUT2D eigenvalue weighted by Gasteiger charge is -2.43. The number of aromatic amines is 1. The van der Waals surface area contributed by atoms with Crippen molar-refractivity contribution in [1.82, 2.24) is 14.9 Å². The van der Waals surface area contributed by atoms with Crippen LogP contribution in [0.3, 0.4) is 0 Å². The molecule has 1 amide bonds. The van der Waals surface area contributed by atoms with E-state index in [2.05, 4.69) is 57.4 Å². The van der Waals surface area contributed by atoms with Gasteiger partial charge in [-0.2, -0.15) is 5.11 Å². The fourth-order valence-corrected chi connectivity index (χ4v) is 6.03. The SMILES string of the molecule is [2H]C[C@H]1O[C@@H](n2cc(/C=C/CNC(=O)CCCN3c4cc(OC)c(N=Nc5ccc(C)cc5)cc4C(C)=CC3(C)C)c(=O)[nH]c2=O)CC1O.[3H]OC. The van der Waals surface area contributed by atoms with E-state index in [0.717, 1.165) is 28.1 Å². The van der Waals surface area contributed by atoms with Crippen molar-refractivity contribution in [2.24, 2.45) is 10.2 Å². The van der Waals surface area contributed by atoms with E-state index in [9.17, 15) is 19.5 Å². The van der Waals surface area contributed by atoms with E-state index in [1.807, 2.05) is 43.3 Å². The molecule has 3 heterocycles. The van der Waals surface area contributed by atoms with Gasteiger partial charge < -0.3 is 29.9 Å². The molecule has 1 unspecified atom stereocenters. The Hall–Kier alpha value is -4.85. The van der Waals surface area contributed by atoms with Crippen LogP contribution in [0.4, 0.5) is 17.1 Å². The fraction of sp³-hybridized carbons (Fsp3) is 0.432. The molecule has 1 saturated heterocycles. The Morgan fingerprint density at radius 1 is 1.26 bits per heavy atom. The molecule has 3 aromatic rings. The number of aliphatic hydroxyl groups is 2. The van der Waals surface area contributed by atoms with Gasteiger partial charge in [0.05, 0.1) is 36.1 Å². The summed E-state index contributed by atoms with van der Waals surface area (Å²) in [6.07, 6.45) is 5.41. The van der Waals surface area contributed by atoms with Gasteiger partial charge in [-0.3, -0.25) is 19.1 Å². The minimum absolute atomic E-state index is 0.135. The van der Waals surface area contributed by atoms with Crippen molar-refractivity contribution in [1.29, 1.82) is 1.43 Å². The van der Waals surface area contributed by atoms with Gasteiger partial charge in [0.25, 0.3) is 5.56 Å². The number of methoxy groups -OCH3 is 1. The topological polar surface area (TPSA) is 171 Å². The molecule has 2 aromatic carbocycles. The van der Waals surface area contributed by atoms with Gasteiger partial charge in [0, 0.05) is 57.9 Å². The standard InChI is InChI=1S/C36H44N6O6.CH4O/c1-22-11-13-26(14-12-22)39-40-28-17-27-23(2)20-36(4,5)42(29(27)18-31(28)47-6)16-8-10-32(44)37-15-7-9-25-21-41(35(46)38-34(25)45)33-19-30(43)24(3)48-33;1-2/h7,9,11-14,17-18,20-21,24,30,33,43H,8,10,15-16,19H2,1-6H3,(H,37,44)(H,38,45,46);2H,1H3/b9-7+,40-39?;/t24-,30?,33-;/m1./s1/i3D;2T. The Bertz CT molecular complexity index is 1910. The van der Waals surface area contributed by atoms with Crippen LogP contribution in [-0.2, 0) is 9.53 Å². The number of aliphatic hydroxyl groups excluding tert-OH is 2. The number of H-pyrrole nitrogens is 1. The molecule has 4 N–H and O–H groups in total. The smallest absolute Gasteiger partial charge is 0.330 e. The summed E-state index contributed by atoms with van der Waals surface area (Å²) in [5, 5.41) is 25.3. The molecule has 3 atom stereocenters. The Morgan fingerprint density at radius 2 is 2.00 bits per heavy atom. The van der Waals surface area contributed by atoms with E-state index in [1.165, 1.54) is 23.9 Å². The summed E-state index contributed by atoms with van der Waals surface area (Å²) in [5.74, 6) is 0.471. The zero-order valence-corrected chi connectivity index (χ0v) is 29.4. The first-order valence-corrected chi connectivity index (χ1v) is 16.4. The number of hydrogen-bond donors (Lipinski definition) is 4. The maximum atomic E-state index is 12.8. The van der Waals surface area contributed by atoms with Crippen LogP contribution in [0, 0.1) is 6.92 Å². The largest absolute Gasteiger partial charge is 0.494 e. The Morgan fingerprint density at radius 3 is 2.68 bits per heavy atom. The number of azo groups is 1. The molecule has 0 radical (unpaired) electrons. The van der Waals surface area contributed by atoms with Crippen molar-refractivity contribution in [3.05, 3.63) is 92.3 Å². The Balaban J connectivity index is 0.00000195. The number of amides is 1. The summed E-state index contributed by atoms with van der Waals surface area (Å²) >= 11 is 0. The van der Waals surface area contributed by atoms with Crippen LogP contribution in [0.1, 0.15) is 71.2 Å². The maximum absolute atomic E-state index is 12.8. The van der Waals surface area contributed by atoms with Gasteiger partial charge in [-0.15, -0.1) is 5.11 Å². The lowest BCUT2D eigenvalue weighted by Crippen LogP contribution is -2.45. The van der Waals surface area contributed by atoms with Crippen LogP contribution in [0.25, 0.3) is 11.6 Å². The summed E-state index contributed by atoms with van der Waals surface area (Å²) in [7, 11) is 2.91. The van der Waals surface area contributed by atoms with E-state index in [0.29, 0.717) is 30.8 Å². The third-order valence-corrected chi connectivity index (χ3v) is 8.60. The van der Waals surface area contributed by atoms with Gasteiger partial charge in [0.1, 0.15) is 17.7 Å². The summed E-state index contributed by atoms with van der Waals surface area (Å²) in [6, 6.07) is 11.8. The third-order valence-electron chi connectivity index (χ3n) is 8.60. The summed E-state index contributed by atoms with van der Waals surface area (Å²) in [5.41, 5.74) is 4.34. The number of carbonyl (C=O) groups is 1. The van der Waals surface area contributed by atoms with Gasteiger partial charge >= 0.3 is 5.69 Å². The van der Waals surface area contributed by atoms with E-state index < -0.39 is 29.7 Å². The Labute approximate surface area is 294 Å². The highest BCUT2D eigenvalue weighted by atomic mass is 16.5. The molecular weight excluding hydrogens is 640 g/mol. The average Bonchev–Trinajstić information content (AvgIpc) is 3.48. The van der Waals surface area contributed by atoms with Crippen molar-refractivity contribution in [3.8, 4) is 5.75 Å². The van der Waals surface area contributed by atoms with E-state index in [4.69, 9.17) is 12.3 Å². The van der Waals surface area contributed by atoms with Gasteiger partial charge in [0.15, 0.2) is 0 Å². The normalized spacial score (nSPS) is 20.1. The predicted octanol–water partition coefficient (Wildman–Crippen LogP) is 5.16. The summed E-state index contributed by atoms with van der Waals surface area (Å²) in [4.78, 5) is 42.0. The van der Waals surface area contributed by atoms with Crippen LogP contribution < -0.4 is 26.2 Å². The summed E-state index contributed by atoms with van der Waals surface area (Å²) in [6.45, 7) is 9.06. The molecule has 5 rings (SSSR count). The molecular formula is C37H48N6O7. The van der Waals surface area contributed by atoms with Crippen LogP contribution in [0.5, 0.6) is 5.75 Å². The van der Waals surface area contributed by atoms with Gasteiger partial charge in [0.2, 0.25) is 7.34 Å². The first-order chi connectivity index (χ1) is 24.8. The quantitative estimate of drug-likeness (QED) is 0.200. The number of anilines is 1. The molecule has 0 spiro atoms. The van der Waals surface area contributed by atoms with Crippen LogP contribution in [0.2, 0.25) is 0 Å². The lowest BCUT2D eigenvalue weighted by atomic mass is 9.88. The maximum Gasteiger partial charge on any atom is 0.330 e. The molecule has 268 valence electrons. The predicted molar refractivity (Wildman–Crippen MR) is 194 cm³/mol. The van der Waals surface area contributed by atoms with Crippen molar-refractivity contribution in [2.75, 3.05) is 32.2 Å². The zero-order chi connectivity index (χ0) is 38.0. The molecule has 0 aliphatic carbocycles. The minimum Gasteiger partial charge on any atom is -0.494 e. The van der Waals surface area contributed by atoms with Gasteiger partial charge in [-0.1, -0.05) is 35.9 Å². The molecule has 2 aliphatic rings. The zero-order valence-electron chi connectivity index (χ0n) is 31.4. The van der Waals surface area contributed by atoms with Crippen molar-refractivity contribution < 1.29 is 25.9 Å². The molecule has 13 nitrogen and oxygen atoms in total. The number of benzene rings is 2. The Kier molecular flexibility index (Phi) is 11.7. The van der Waals surface area contributed by atoms with Crippen LogP contribution in [0.15, 0.2) is 74.6 Å². The number of carbonyl (C=O) groups excluding carboxylic acids is 1. The third kappa shape index (κ3) is 9.03. The number of ether oxygens (including phenoxy) is 2. The highest BCUT2D eigenvalue weighted by Crippen LogP contribution is 2.45. The number of hydrogen-bond acceptors (Lipinski definition) is 10. The molecule has 50 heavy (non-hydrogen) atoms. The number of nitrogens with one attached hydrogen (secondary N) is 2. The van der Waals surface area contributed by atoms with Gasteiger partial charge in [-0.05, 0) is 64.8 Å². The van der Waals surface area contributed by atoms with Crippen molar-refractivity contribution in [3.63, 3.8) is 0 Å². The molecule has 13 heteroatoms. The first kappa shape index (κ1) is 35.0. The molecule has 2 aliphatic heterocycles. The highest BCUT2D eigenvalue weighted by molar-refractivity contribution is 5.85. The second kappa shape index (κ2) is 16.7. The second-order valence-corrected chi connectivity index (χ2v) is 12.7. The number of fused-ring (bicyclic) bond motifs is 1. The fourth-order valence-electron chi connectivity index (χ4n) is 6.03. The lowest BCUT2D eigenvalue weighted by molar-refractivity contribution is -0.120. The number of aromatic nitrogens is 2. The van der Waals surface area contributed by atoms with Crippen molar-refractivity contribution in [2.45, 2.75) is 77.8 Å². The van der Waals surface area contributed by atoms with E-state index in [-0.39, 0.29) is 36.9 Å². The highest BCUT2D eigenvalue weighted by Gasteiger charge is 2.33. The monoisotopic (exact) mass is 691 g/mol. The first-order valence-electron chi connectivity index (χ1n) is 17.5. The number of allylic oxidation sites excluding steroid dienone is 1. The van der Waals surface area contributed by atoms with Crippen LogP contribution >= 0.6 is 0 Å². The molecule has 1 aromatic heterocycles. The number of aryl methyl sites for hydroxylation is 1. The summed E-state index contributed by atoms with van der Waals surface area (Å²) < 4.78 is 25.7. The van der Waals surface area contributed by atoms with E-state index >= 15 is 0 Å². The average molecular weight is 692 g/mol. The van der Waals surface area contributed by atoms with Crippen molar-refractivity contribution >= 4 is 34.6 Å². The molecule has 0 bridgehead atoms. The second-order valence-electron chi connectivity index (χ2n) is 12.7. The number of nitrogens with zero attached hydrogens (tertiary/aromatic N) is 4. The van der Waals surface area contributed by atoms with Gasteiger partial charge in [-0.25, -0.2) is 4.79 Å². The molecule has 0 saturated carbocycles. The van der Waals surface area contributed by atoms with E-state index in [1.54, 1.807) is 13.2 Å². The van der Waals surface area contributed by atoms with Crippen LogP contribution in [-0.4, -0.2) is 72.2 Å². The number of rotatable bonds is 11. The minimum atomic E-state index is -0.866. The molecule has 1 fully saturated rings.